The molecule has 2 aromatic rings. The third kappa shape index (κ3) is 3.48. The molecular formula is C15H15FN2O3S. The highest BCUT2D eigenvalue weighted by Crippen LogP contribution is 2.25. The lowest BCUT2D eigenvalue weighted by molar-refractivity contribution is -0.387. The Labute approximate surface area is 130 Å². The van der Waals surface area contributed by atoms with Crippen LogP contribution in [0.4, 0.5) is 15.8 Å². The molecule has 1 amide bonds. The zero-order valence-corrected chi connectivity index (χ0v) is 13.0. The quantitative estimate of drug-likeness (QED) is 0.658. The number of nitro benzene ring substituents is 1. The largest absolute Gasteiger partial charge is 0.321 e. The Kier molecular flexibility index (Phi) is 4.87. The second kappa shape index (κ2) is 6.65. The number of amides is 1. The van der Waals surface area contributed by atoms with Crippen LogP contribution >= 0.6 is 11.3 Å². The van der Waals surface area contributed by atoms with Gasteiger partial charge in [0.2, 0.25) is 5.82 Å². The molecule has 0 saturated carbocycles. The monoisotopic (exact) mass is 322 g/mol. The lowest BCUT2D eigenvalue weighted by Gasteiger charge is -2.03. The van der Waals surface area contributed by atoms with E-state index in [-0.39, 0.29) is 11.6 Å². The molecule has 1 N–H and O–H groups in total. The van der Waals surface area contributed by atoms with Gasteiger partial charge in [0.25, 0.3) is 5.91 Å². The molecule has 116 valence electrons. The van der Waals surface area contributed by atoms with Gasteiger partial charge in [0, 0.05) is 16.6 Å². The van der Waals surface area contributed by atoms with Crippen molar-refractivity contribution in [2.45, 2.75) is 26.7 Å². The number of carbonyl (C=O) groups is 1. The number of halogens is 1. The van der Waals surface area contributed by atoms with Crippen molar-refractivity contribution >= 4 is 28.6 Å². The van der Waals surface area contributed by atoms with Crippen LogP contribution in [0.3, 0.4) is 0 Å². The molecule has 5 nitrogen and oxygen atoms in total. The van der Waals surface area contributed by atoms with Crippen LogP contribution in [-0.2, 0) is 6.42 Å². The van der Waals surface area contributed by atoms with Gasteiger partial charge in [-0.2, -0.15) is 4.39 Å². The number of aryl methyl sites for hydroxylation is 2. The summed E-state index contributed by atoms with van der Waals surface area (Å²) < 4.78 is 13.3. The number of anilines is 1. The number of nitrogens with one attached hydrogen (secondary N) is 1. The summed E-state index contributed by atoms with van der Waals surface area (Å²) in [6.45, 7) is 4.02. The van der Waals surface area contributed by atoms with Gasteiger partial charge < -0.3 is 5.32 Å². The molecule has 1 aromatic heterocycles. The SMILES string of the molecule is CCCc1cc(C(=O)Nc2ccc(F)c([N+](=O)[O-])c2)sc1C. The standard InChI is InChI=1S/C15H15FN2O3S/c1-3-4-10-7-14(22-9(10)2)15(19)17-11-5-6-12(16)13(8-11)18(20)21/h5-8H,3-4H2,1-2H3,(H,17,19). The summed E-state index contributed by atoms with van der Waals surface area (Å²) in [6.07, 6.45) is 1.89. The van der Waals surface area contributed by atoms with E-state index >= 15 is 0 Å². The van der Waals surface area contributed by atoms with Crippen LogP contribution in [-0.4, -0.2) is 10.8 Å². The minimum Gasteiger partial charge on any atom is -0.321 e. The van der Waals surface area contributed by atoms with Crippen LogP contribution in [0.25, 0.3) is 0 Å². The van der Waals surface area contributed by atoms with Gasteiger partial charge in [0.15, 0.2) is 0 Å². The van der Waals surface area contributed by atoms with E-state index in [1.54, 1.807) is 0 Å². The first kappa shape index (κ1) is 16.1. The van der Waals surface area contributed by atoms with E-state index in [0.29, 0.717) is 4.88 Å². The van der Waals surface area contributed by atoms with Gasteiger partial charge in [0.05, 0.1) is 9.80 Å². The van der Waals surface area contributed by atoms with Gasteiger partial charge in [-0.1, -0.05) is 13.3 Å². The van der Waals surface area contributed by atoms with E-state index < -0.39 is 16.4 Å². The highest BCUT2D eigenvalue weighted by Gasteiger charge is 2.17. The Morgan fingerprint density at radius 1 is 1.41 bits per heavy atom. The van der Waals surface area contributed by atoms with Crippen molar-refractivity contribution < 1.29 is 14.1 Å². The number of nitrogens with zero attached hydrogens (tertiary/aromatic N) is 1. The molecule has 0 bridgehead atoms. The summed E-state index contributed by atoms with van der Waals surface area (Å²) >= 11 is 1.38. The summed E-state index contributed by atoms with van der Waals surface area (Å²) in [7, 11) is 0. The summed E-state index contributed by atoms with van der Waals surface area (Å²) in [6, 6.07) is 5.11. The maximum Gasteiger partial charge on any atom is 0.306 e. The highest BCUT2D eigenvalue weighted by molar-refractivity contribution is 7.14. The summed E-state index contributed by atoms with van der Waals surface area (Å²) in [5.41, 5.74) is 0.663. The number of thiophene rings is 1. The van der Waals surface area contributed by atoms with Gasteiger partial charge in [-0.05, 0) is 37.1 Å². The second-order valence-electron chi connectivity index (χ2n) is 4.82. The van der Waals surface area contributed by atoms with Gasteiger partial charge in [-0.15, -0.1) is 11.3 Å². The fourth-order valence-corrected chi connectivity index (χ4v) is 3.04. The van der Waals surface area contributed by atoms with Crippen LogP contribution in [0.1, 0.15) is 33.5 Å². The van der Waals surface area contributed by atoms with E-state index in [1.165, 1.54) is 17.4 Å². The molecule has 0 spiro atoms. The maximum atomic E-state index is 13.3. The Morgan fingerprint density at radius 2 is 2.14 bits per heavy atom. The number of carbonyl (C=O) groups excluding carboxylic acids is 1. The highest BCUT2D eigenvalue weighted by atomic mass is 32.1. The topological polar surface area (TPSA) is 72.2 Å². The van der Waals surface area contributed by atoms with Crippen molar-refractivity contribution in [3.63, 3.8) is 0 Å². The van der Waals surface area contributed by atoms with Gasteiger partial charge in [0.1, 0.15) is 0 Å². The summed E-state index contributed by atoms with van der Waals surface area (Å²) in [4.78, 5) is 23.7. The average molecular weight is 322 g/mol. The predicted molar refractivity (Wildman–Crippen MR) is 84.1 cm³/mol. The Morgan fingerprint density at radius 3 is 2.77 bits per heavy atom. The molecule has 22 heavy (non-hydrogen) atoms. The van der Waals surface area contributed by atoms with Crippen molar-refractivity contribution in [3.05, 3.63) is 55.5 Å². The normalized spacial score (nSPS) is 10.5. The molecule has 7 heteroatoms. The lowest BCUT2D eigenvalue weighted by atomic mass is 10.1. The first-order chi connectivity index (χ1) is 10.4. The fraction of sp³-hybridized carbons (Fsp3) is 0.267. The third-order valence-corrected chi connectivity index (χ3v) is 4.26. The number of nitro groups is 1. The van der Waals surface area contributed by atoms with E-state index in [9.17, 15) is 19.3 Å². The molecule has 0 aliphatic rings. The van der Waals surface area contributed by atoms with Crippen molar-refractivity contribution in [3.8, 4) is 0 Å². The third-order valence-electron chi connectivity index (χ3n) is 3.16. The van der Waals surface area contributed by atoms with Crippen molar-refractivity contribution in [2.75, 3.05) is 5.32 Å². The van der Waals surface area contributed by atoms with Crippen molar-refractivity contribution in [1.82, 2.24) is 0 Å². The van der Waals surface area contributed by atoms with Crippen LogP contribution in [0.15, 0.2) is 24.3 Å². The van der Waals surface area contributed by atoms with Gasteiger partial charge in [-0.25, -0.2) is 0 Å². The molecule has 0 fully saturated rings. The van der Waals surface area contributed by atoms with Crippen LogP contribution in [0.2, 0.25) is 0 Å². The van der Waals surface area contributed by atoms with E-state index in [2.05, 4.69) is 12.2 Å². The smallest absolute Gasteiger partial charge is 0.306 e. The number of benzene rings is 1. The minimum absolute atomic E-state index is 0.196. The first-order valence-corrected chi connectivity index (χ1v) is 7.58. The van der Waals surface area contributed by atoms with Gasteiger partial charge in [-0.3, -0.25) is 14.9 Å². The molecule has 0 unspecified atom stereocenters. The molecule has 0 atom stereocenters. The molecule has 0 saturated heterocycles. The molecule has 0 aliphatic carbocycles. The number of rotatable bonds is 5. The first-order valence-electron chi connectivity index (χ1n) is 6.77. The Hall–Kier alpha value is -2.28. The molecule has 0 aliphatic heterocycles. The van der Waals surface area contributed by atoms with Gasteiger partial charge >= 0.3 is 5.69 Å². The second-order valence-corrected chi connectivity index (χ2v) is 6.08. The number of hydrogen-bond donors (Lipinski definition) is 1. The van der Waals surface area contributed by atoms with E-state index in [0.717, 1.165) is 35.4 Å². The van der Waals surface area contributed by atoms with Crippen LogP contribution in [0.5, 0.6) is 0 Å². The fourth-order valence-electron chi connectivity index (χ4n) is 2.07. The zero-order valence-electron chi connectivity index (χ0n) is 12.2. The van der Waals surface area contributed by atoms with E-state index in [1.807, 2.05) is 13.0 Å². The molecule has 1 aromatic carbocycles. The molecular weight excluding hydrogens is 307 g/mol. The van der Waals surface area contributed by atoms with Crippen molar-refractivity contribution in [1.29, 1.82) is 0 Å². The molecule has 1 heterocycles. The maximum absolute atomic E-state index is 13.3. The zero-order chi connectivity index (χ0) is 16.3. The van der Waals surface area contributed by atoms with Crippen LogP contribution in [0, 0.1) is 22.9 Å². The van der Waals surface area contributed by atoms with Crippen molar-refractivity contribution in [2.24, 2.45) is 0 Å². The van der Waals surface area contributed by atoms with E-state index in [4.69, 9.17) is 0 Å². The van der Waals surface area contributed by atoms with Crippen LogP contribution < -0.4 is 5.32 Å². The minimum atomic E-state index is -0.930. The Bertz CT molecular complexity index is 728. The average Bonchev–Trinajstić information content (AvgIpc) is 2.82. The molecule has 0 radical (unpaired) electrons. The number of hydrogen-bond acceptors (Lipinski definition) is 4. The lowest BCUT2D eigenvalue weighted by Crippen LogP contribution is -2.10. The summed E-state index contributed by atoms with van der Waals surface area (Å²) in [5, 5.41) is 13.3. The Balaban J connectivity index is 2.20. The predicted octanol–water partition coefficient (Wildman–Crippen LogP) is 4.31. The summed E-state index contributed by atoms with van der Waals surface area (Å²) in [5.74, 6) is -1.28. The molecule has 2 rings (SSSR count).